The number of alkyl halides is 3. The Morgan fingerprint density at radius 2 is 1.79 bits per heavy atom. The number of nitrogen functional groups attached to an aromatic ring is 1. The number of hydrogen-bond donors (Lipinski definition) is 3. The van der Waals surface area contributed by atoms with Crippen LogP contribution in [0.1, 0.15) is 68.8 Å². The van der Waals surface area contributed by atoms with Gasteiger partial charge in [-0.1, -0.05) is 33.1 Å². The number of aromatic nitrogens is 4. The molecule has 5 rings (SSSR count). The van der Waals surface area contributed by atoms with E-state index < -0.39 is 23.6 Å². The molecular formula is C30H35F3N6O4. The first kappa shape index (κ1) is 32.8. The van der Waals surface area contributed by atoms with Gasteiger partial charge in [-0.15, -0.1) is 0 Å². The van der Waals surface area contributed by atoms with Crippen LogP contribution in [0.25, 0.3) is 16.8 Å². The molecule has 4 aromatic rings. The van der Waals surface area contributed by atoms with E-state index in [0.29, 0.717) is 29.1 Å². The summed E-state index contributed by atoms with van der Waals surface area (Å²) in [5, 5.41) is 10.9. The van der Waals surface area contributed by atoms with Crippen molar-refractivity contribution in [3.05, 3.63) is 66.4 Å². The molecule has 1 saturated carbocycles. The predicted molar refractivity (Wildman–Crippen MR) is 157 cm³/mol. The number of fused-ring (bicyclic) bond motifs is 1. The van der Waals surface area contributed by atoms with Gasteiger partial charge in [-0.25, -0.2) is 15.0 Å². The quantitative estimate of drug-likeness (QED) is 0.221. The maximum atomic E-state index is 12.9. The zero-order valence-electron chi connectivity index (χ0n) is 24.2. The Hall–Kier alpha value is -4.68. The van der Waals surface area contributed by atoms with Crippen molar-refractivity contribution in [1.29, 1.82) is 0 Å². The van der Waals surface area contributed by atoms with Crippen molar-refractivity contribution in [3.63, 3.8) is 0 Å². The summed E-state index contributed by atoms with van der Waals surface area (Å²) in [6.45, 7) is 6.09. The van der Waals surface area contributed by atoms with Gasteiger partial charge in [0.15, 0.2) is 0 Å². The number of amides is 1. The second-order valence-electron chi connectivity index (χ2n) is 9.36. The molecule has 1 aromatic carbocycles. The largest absolute Gasteiger partial charge is 0.493 e. The van der Waals surface area contributed by atoms with Gasteiger partial charge in [0.25, 0.3) is 5.91 Å². The second-order valence-corrected chi connectivity index (χ2v) is 9.36. The monoisotopic (exact) mass is 600 g/mol. The number of anilines is 2. The standard InChI is InChI=1S/C21H17F3N6O2.C7H12O2.C2H6/c1-2-32-15-9-12(20(31)29-16-10-13(5-6-26-16)21(22,23)24)3-4-14(15)17-18-19(25)27-7-8-30(18)11-28-17;8-7(9)6-4-2-1-3-5-6;1-2/h3-11H,2H2,1H3,(H2,25,27)(H,26,29,31);6H,1-5H2,(H,8,9);1-2H3. The van der Waals surface area contributed by atoms with E-state index in [1.165, 1.54) is 18.6 Å². The van der Waals surface area contributed by atoms with Gasteiger partial charge >= 0.3 is 12.1 Å². The molecule has 0 spiro atoms. The molecule has 230 valence electrons. The van der Waals surface area contributed by atoms with Crippen LogP contribution < -0.4 is 15.8 Å². The number of pyridine rings is 1. The highest BCUT2D eigenvalue weighted by Gasteiger charge is 2.31. The minimum atomic E-state index is -4.55. The summed E-state index contributed by atoms with van der Waals surface area (Å²) in [6.07, 6.45) is 6.51. The molecule has 0 unspecified atom stereocenters. The van der Waals surface area contributed by atoms with Crippen LogP contribution in [0.5, 0.6) is 5.75 Å². The summed E-state index contributed by atoms with van der Waals surface area (Å²) in [5.41, 5.74) is 6.95. The Kier molecular flexibility index (Phi) is 11.4. The average molecular weight is 601 g/mol. The first-order valence-corrected chi connectivity index (χ1v) is 14.0. The second kappa shape index (κ2) is 15.0. The fourth-order valence-corrected chi connectivity index (χ4v) is 4.52. The lowest BCUT2D eigenvalue weighted by Crippen LogP contribution is -2.16. The highest BCUT2D eigenvalue weighted by Crippen LogP contribution is 2.35. The minimum Gasteiger partial charge on any atom is -0.493 e. The summed E-state index contributed by atoms with van der Waals surface area (Å²) in [6, 6.07) is 6.22. The number of imidazole rings is 1. The van der Waals surface area contributed by atoms with E-state index in [2.05, 4.69) is 20.3 Å². The molecule has 0 atom stereocenters. The lowest BCUT2D eigenvalue weighted by molar-refractivity contribution is -0.142. The van der Waals surface area contributed by atoms with Gasteiger partial charge in [-0.3, -0.25) is 9.59 Å². The smallest absolute Gasteiger partial charge is 0.416 e. The summed E-state index contributed by atoms with van der Waals surface area (Å²) < 4.78 is 46.1. The Morgan fingerprint density at radius 3 is 2.42 bits per heavy atom. The van der Waals surface area contributed by atoms with Crippen LogP contribution in [0.2, 0.25) is 0 Å². The van der Waals surface area contributed by atoms with Crippen molar-refractivity contribution >= 4 is 29.0 Å². The highest BCUT2D eigenvalue weighted by atomic mass is 19.4. The Labute approximate surface area is 247 Å². The lowest BCUT2D eigenvalue weighted by atomic mass is 9.90. The fraction of sp³-hybridized carbons (Fsp3) is 0.367. The summed E-state index contributed by atoms with van der Waals surface area (Å²) in [7, 11) is 0. The van der Waals surface area contributed by atoms with Crippen LogP contribution in [-0.2, 0) is 11.0 Å². The van der Waals surface area contributed by atoms with E-state index >= 15 is 0 Å². The summed E-state index contributed by atoms with van der Waals surface area (Å²) >= 11 is 0. The van der Waals surface area contributed by atoms with E-state index in [9.17, 15) is 22.8 Å². The molecule has 43 heavy (non-hydrogen) atoms. The third-order valence-corrected chi connectivity index (χ3v) is 6.56. The van der Waals surface area contributed by atoms with Gasteiger partial charge in [0.2, 0.25) is 0 Å². The number of carbonyl (C=O) groups is 2. The molecule has 4 N–H and O–H groups in total. The van der Waals surface area contributed by atoms with E-state index in [0.717, 1.165) is 44.0 Å². The van der Waals surface area contributed by atoms with Gasteiger partial charge in [-0.05, 0) is 50.1 Å². The molecule has 0 saturated heterocycles. The Bertz CT molecular complexity index is 1530. The molecular weight excluding hydrogens is 565 g/mol. The Balaban J connectivity index is 0.000000390. The average Bonchev–Trinajstić information content (AvgIpc) is 3.44. The van der Waals surface area contributed by atoms with Crippen molar-refractivity contribution in [3.8, 4) is 17.0 Å². The number of nitrogens with zero attached hydrogens (tertiary/aromatic N) is 4. The molecule has 3 heterocycles. The van der Waals surface area contributed by atoms with Gasteiger partial charge in [0, 0.05) is 29.7 Å². The van der Waals surface area contributed by atoms with E-state index in [4.69, 9.17) is 15.6 Å². The minimum absolute atomic E-state index is 0.0289. The van der Waals surface area contributed by atoms with Crippen LogP contribution in [-0.4, -0.2) is 42.9 Å². The van der Waals surface area contributed by atoms with Crippen LogP contribution >= 0.6 is 0 Å². The summed E-state index contributed by atoms with van der Waals surface area (Å²) in [4.78, 5) is 35.3. The van der Waals surface area contributed by atoms with E-state index in [-0.39, 0.29) is 23.1 Å². The number of carboxylic acids is 1. The third kappa shape index (κ3) is 8.43. The number of carbonyl (C=O) groups excluding carboxylic acids is 1. The maximum absolute atomic E-state index is 12.9. The molecule has 0 aliphatic heterocycles. The van der Waals surface area contributed by atoms with Crippen LogP contribution in [0, 0.1) is 5.92 Å². The number of benzene rings is 1. The Morgan fingerprint density at radius 1 is 1.07 bits per heavy atom. The van der Waals surface area contributed by atoms with Crippen LogP contribution in [0.4, 0.5) is 24.8 Å². The first-order chi connectivity index (χ1) is 20.6. The first-order valence-electron chi connectivity index (χ1n) is 14.0. The number of carboxylic acid groups (broad SMARTS) is 1. The van der Waals surface area contributed by atoms with Crippen molar-refractivity contribution < 1.29 is 32.6 Å². The number of rotatable bonds is 6. The molecule has 1 aliphatic carbocycles. The fourth-order valence-electron chi connectivity index (χ4n) is 4.52. The van der Waals surface area contributed by atoms with Crippen LogP contribution in [0.3, 0.4) is 0 Å². The van der Waals surface area contributed by atoms with Crippen molar-refractivity contribution in [2.24, 2.45) is 5.92 Å². The van der Waals surface area contributed by atoms with Gasteiger partial charge in [-0.2, -0.15) is 13.2 Å². The molecule has 1 amide bonds. The maximum Gasteiger partial charge on any atom is 0.416 e. The van der Waals surface area contributed by atoms with E-state index in [1.807, 2.05) is 13.8 Å². The summed E-state index contributed by atoms with van der Waals surface area (Å²) in [5.74, 6) is -0.847. The number of aliphatic carboxylic acids is 1. The van der Waals surface area contributed by atoms with Crippen molar-refractivity contribution in [2.75, 3.05) is 17.7 Å². The molecule has 1 aliphatic rings. The van der Waals surface area contributed by atoms with Crippen molar-refractivity contribution in [2.45, 2.75) is 59.1 Å². The normalized spacial score (nSPS) is 13.3. The molecule has 1 fully saturated rings. The predicted octanol–water partition coefficient (Wildman–Crippen LogP) is 6.72. The lowest BCUT2D eigenvalue weighted by Gasteiger charge is -2.16. The number of ether oxygens (including phenoxy) is 1. The number of hydrogen-bond acceptors (Lipinski definition) is 7. The zero-order chi connectivity index (χ0) is 31.6. The molecule has 13 heteroatoms. The molecule has 0 radical (unpaired) electrons. The topological polar surface area (TPSA) is 145 Å². The molecule has 3 aromatic heterocycles. The third-order valence-electron chi connectivity index (χ3n) is 6.56. The molecule has 0 bridgehead atoms. The van der Waals surface area contributed by atoms with Gasteiger partial charge in [0.05, 0.1) is 18.1 Å². The molecule has 10 nitrogen and oxygen atoms in total. The van der Waals surface area contributed by atoms with E-state index in [1.54, 1.807) is 36.1 Å². The highest BCUT2D eigenvalue weighted by molar-refractivity contribution is 6.04. The number of nitrogens with two attached hydrogens (primary N) is 1. The van der Waals surface area contributed by atoms with Gasteiger partial charge < -0.3 is 25.3 Å². The van der Waals surface area contributed by atoms with Crippen LogP contribution in [0.15, 0.2) is 55.2 Å². The number of nitrogens with one attached hydrogen (secondary N) is 1. The van der Waals surface area contributed by atoms with Gasteiger partial charge in [0.1, 0.15) is 34.9 Å². The zero-order valence-corrected chi connectivity index (χ0v) is 24.2. The SMILES string of the molecule is CC.CCOc1cc(C(=O)Nc2cc(C(F)(F)F)ccn2)ccc1-c1ncn2ccnc(N)c12.O=C(O)C1CCCCC1. The van der Waals surface area contributed by atoms with Crippen molar-refractivity contribution in [1.82, 2.24) is 19.4 Å². The number of halogens is 3.